The molecule has 8 nitrogen and oxygen atoms in total. The van der Waals surface area contributed by atoms with Gasteiger partial charge in [-0.15, -0.1) is 11.8 Å². The first-order chi connectivity index (χ1) is 20.1. The highest BCUT2D eigenvalue weighted by Crippen LogP contribution is 2.28. The normalized spacial score (nSPS) is 11.9. The summed E-state index contributed by atoms with van der Waals surface area (Å²) < 4.78 is 34.7. The molecule has 0 aromatic heterocycles. The SMILES string of the molecule is CCCNC(=O)[C@H](CC)N(Cc1ccc(Cl)cc1)C(=O)CN(c1ccc(OCC)cc1)S(=O)(=O)c1ccc(SC)cc1. The summed E-state index contributed by atoms with van der Waals surface area (Å²) in [4.78, 5) is 29.7. The first-order valence-electron chi connectivity index (χ1n) is 13.9. The number of anilines is 1. The maximum Gasteiger partial charge on any atom is 0.264 e. The Morgan fingerprint density at radius 2 is 1.60 bits per heavy atom. The minimum absolute atomic E-state index is 0.0546. The van der Waals surface area contributed by atoms with Gasteiger partial charge in [-0.2, -0.15) is 0 Å². The number of amides is 2. The maximum absolute atomic E-state index is 14.1. The fraction of sp³-hybridized carbons (Fsp3) is 0.355. The first-order valence-corrected chi connectivity index (χ1v) is 16.9. The largest absolute Gasteiger partial charge is 0.494 e. The zero-order valence-corrected chi connectivity index (χ0v) is 26.8. The number of nitrogens with zero attached hydrogens (tertiary/aromatic N) is 2. The van der Waals surface area contributed by atoms with Gasteiger partial charge in [0.25, 0.3) is 10.0 Å². The van der Waals surface area contributed by atoms with Crippen molar-refractivity contribution in [3.8, 4) is 5.75 Å². The minimum atomic E-state index is -4.16. The van der Waals surface area contributed by atoms with Gasteiger partial charge in [-0.3, -0.25) is 13.9 Å². The highest BCUT2D eigenvalue weighted by molar-refractivity contribution is 7.98. The summed E-state index contributed by atoms with van der Waals surface area (Å²) in [7, 11) is -4.16. The minimum Gasteiger partial charge on any atom is -0.494 e. The lowest BCUT2D eigenvalue weighted by atomic mass is 10.1. The van der Waals surface area contributed by atoms with Crippen molar-refractivity contribution in [1.82, 2.24) is 10.2 Å². The summed E-state index contributed by atoms with van der Waals surface area (Å²) in [6.07, 6.45) is 3.00. The molecule has 0 aliphatic heterocycles. The smallest absolute Gasteiger partial charge is 0.264 e. The fourth-order valence-electron chi connectivity index (χ4n) is 4.35. The molecule has 0 bridgehead atoms. The Morgan fingerprint density at radius 1 is 0.952 bits per heavy atom. The Labute approximate surface area is 258 Å². The zero-order valence-electron chi connectivity index (χ0n) is 24.4. The standard InChI is InChI=1S/C31H38ClN3O5S2/c1-5-20-33-31(37)29(6-2)34(21-23-8-10-24(32)11-9-23)30(36)22-35(25-12-14-26(15-13-25)40-7-3)42(38,39)28-18-16-27(41-4)17-19-28/h8-19,29H,5-7,20-22H2,1-4H3,(H,33,37)/t29-/m0/s1. The van der Waals surface area contributed by atoms with Gasteiger partial charge in [0.1, 0.15) is 18.3 Å². The molecule has 0 fully saturated rings. The number of hydrogen-bond acceptors (Lipinski definition) is 6. The van der Waals surface area contributed by atoms with E-state index in [0.29, 0.717) is 36.0 Å². The molecule has 2 amide bonds. The summed E-state index contributed by atoms with van der Waals surface area (Å²) in [6, 6.07) is 19.3. The quantitative estimate of drug-likeness (QED) is 0.207. The number of rotatable bonds is 15. The number of sulfonamides is 1. The van der Waals surface area contributed by atoms with Crippen molar-refractivity contribution in [2.24, 2.45) is 0 Å². The summed E-state index contributed by atoms with van der Waals surface area (Å²) in [5, 5.41) is 3.43. The van der Waals surface area contributed by atoms with Gasteiger partial charge in [-0.05, 0) is 92.2 Å². The molecule has 0 heterocycles. The molecule has 0 aliphatic carbocycles. The summed E-state index contributed by atoms with van der Waals surface area (Å²) >= 11 is 7.57. The molecular formula is C31H38ClN3O5S2. The number of carbonyl (C=O) groups is 2. The van der Waals surface area contributed by atoms with Crippen molar-refractivity contribution in [2.45, 2.75) is 56.0 Å². The third-order valence-electron chi connectivity index (χ3n) is 6.56. The Bertz CT molecular complexity index is 1420. The van der Waals surface area contributed by atoms with Crippen LogP contribution < -0.4 is 14.4 Å². The van der Waals surface area contributed by atoms with Crippen molar-refractivity contribution < 1.29 is 22.7 Å². The van der Waals surface area contributed by atoms with Crippen LogP contribution in [0.15, 0.2) is 82.6 Å². The van der Waals surface area contributed by atoms with E-state index in [2.05, 4.69) is 5.32 Å². The van der Waals surface area contributed by atoms with Crippen LogP contribution in [0, 0.1) is 0 Å². The molecule has 0 saturated carbocycles. The highest BCUT2D eigenvalue weighted by atomic mass is 35.5. The van der Waals surface area contributed by atoms with Crippen molar-refractivity contribution in [1.29, 1.82) is 0 Å². The van der Waals surface area contributed by atoms with Crippen molar-refractivity contribution in [3.63, 3.8) is 0 Å². The van der Waals surface area contributed by atoms with Crippen molar-refractivity contribution in [2.75, 3.05) is 30.3 Å². The highest BCUT2D eigenvalue weighted by Gasteiger charge is 2.33. The van der Waals surface area contributed by atoms with Gasteiger partial charge in [-0.25, -0.2) is 8.42 Å². The number of ether oxygens (including phenoxy) is 1. The maximum atomic E-state index is 14.1. The molecule has 42 heavy (non-hydrogen) atoms. The fourth-order valence-corrected chi connectivity index (χ4v) is 6.30. The number of hydrogen-bond donors (Lipinski definition) is 1. The van der Waals surface area contributed by atoms with Gasteiger partial charge >= 0.3 is 0 Å². The van der Waals surface area contributed by atoms with Crippen molar-refractivity contribution in [3.05, 3.63) is 83.4 Å². The van der Waals surface area contributed by atoms with Crippen molar-refractivity contribution >= 4 is 50.9 Å². The van der Waals surface area contributed by atoms with Crippen LogP contribution in [-0.2, 0) is 26.2 Å². The van der Waals surface area contributed by atoms with Crippen LogP contribution in [0.2, 0.25) is 5.02 Å². The molecule has 0 unspecified atom stereocenters. The van der Waals surface area contributed by atoms with Crippen LogP contribution in [-0.4, -0.2) is 57.1 Å². The van der Waals surface area contributed by atoms with E-state index in [1.54, 1.807) is 60.7 Å². The van der Waals surface area contributed by atoms with Crippen LogP contribution in [0.3, 0.4) is 0 Å². The van der Waals surface area contributed by atoms with Crippen LogP contribution in [0.1, 0.15) is 39.2 Å². The van der Waals surface area contributed by atoms with E-state index in [4.69, 9.17) is 16.3 Å². The molecule has 0 spiro atoms. The molecule has 226 valence electrons. The molecule has 0 radical (unpaired) electrons. The van der Waals surface area contributed by atoms with Gasteiger partial charge in [0.15, 0.2) is 0 Å². The van der Waals surface area contributed by atoms with E-state index in [1.807, 2.05) is 27.0 Å². The van der Waals surface area contributed by atoms with E-state index in [1.165, 1.54) is 28.8 Å². The molecule has 0 saturated heterocycles. The number of benzene rings is 3. The third kappa shape index (κ3) is 8.65. The summed E-state index contributed by atoms with van der Waals surface area (Å²) in [6.45, 7) is 6.16. The Hall–Kier alpha value is -3.21. The van der Waals surface area contributed by atoms with E-state index >= 15 is 0 Å². The van der Waals surface area contributed by atoms with E-state index in [-0.39, 0.29) is 17.3 Å². The van der Waals surface area contributed by atoms with Crippen LogP contribution in [0.4, 0.5) is 5.69 Å². The van der Waals surface area contributed by atoms with Gasteiger partial charge in [0, 0.05) is 23.0 Å². The van der Waals surface area contributed by atoms with Gasteiger partial charge in [-0.1, -0.05) is 37.6 Å². The molecule has 3 aromatic rings. The van der Waals surface area contributed by atoms with Crippen LogP contribution in [0.25, 0.3) is 0 Å². The lowest BCUT2D eigenvalue weighted by Gasteiger charge is -2.33. The second-order valence-electron chi connectivity index (χ2n) is 9.48. The van der Waals surface area contributed by atoms with E-state index < -0.39 is 28.5 Å². The third-order valence-corrected chi connectivity index (χ3v) is 9.35. The van der Waals surface area contributed by atoms with E-state index in [0.717, 1.165) is 21.2 Å². The van der Waals surface area contributed by atoms with Gasteiger partial charge in [0.05, 0.1) is 17.2 Å². The lowest BCUT2D eigenvalue weighted by Crippen LogP contribution is -2.52. The molecule has 11 heteroatoms. The lowest BCUT2D eigenvalue weighted by molar-refractivity contribution is -0.140. The Kier molecular flexibility index (Phi) is 12.6. The Morgan fingerprint density at radius 3 is 2.14 bits per heavy atom. The average molecular weight is 632 g/mol. The Balaban J connectivity index is 2.05. The second kappa shape index (κ2) is 15.9. The number of nitrogens with one attached hydrogen (secondary N) is 1. The van der Waals surface area contributed by atoms with Gasteiger partial charge in [0.2, 0.25) is 11.8 Å². The molecular weight excluding hydrogens is 594 g/mol. The monoisotopic (exact) mass is 631 g/mol. The molecule has 0 aliphatic rings. The van der Waals surface area contributed by atoms with Gasteiger partial charge < -0.3 is 15.0 Å². The predicted octanol–water partition coefficient (Wildman–Crippen LogP) is 5.99. The molecule has 1 atom stereocenters. The first kappa shape index (κ1) is 33.3. The predicted molar refractivity (Wildman–Crippen MR) is 170 cm³/mol. The number of halogens is 1. The topological polar surface area (TPSA) is 96.0 Å². The summed E-state index contributed by atoms with van der Waals surface area (Å²) in [5.41, 5.74) is 1.06. The summed E-state index contributed by atoms with van der Waals surface area (Å²) in [5.74, 6) is -0.219. The number of thioether (sulfide) groups is 1. The molecule has 1 N–H and O–H groups in total. The van der Waals surface area contributed by atoms with Crippen LogP contribution >= 0.6 is 23.4 Å². The van der Waals surface area contributed by atoms with E-state index in [9.17, 15) is 18.0 Å². The molecule has 3 aromatic carbocycles. The zero-order chi connectivity index (χ0) is 30.7. The number of carbonyl (C=O) groups excluding carboxylic acids is 2. The molecule has 3 rings (SSSR count). The average Bonchev–Trinajstić information content (AvgIpc) is 3.00. The second-order valence-corrected chi connectivity index (χ2v) is 12.7. The van der Waals surface area contributed by atoms with Crippen LogP contribution in [0.5, 0.6) is 5.75 Å².